The minimum absolute atomic E-state index is 0.168. The highest BCUT2D eigenvalue weighted by Crippen LogP contribution is 2.28. The summed E-state index contributed by atoms with van der Waals surface area (Å²) in [6.45, 7) is 4.37. The monoisotopic (exact) mass is 246 g/mol. The van der Waals surface area contributed by atoms with Crippen LogP contribution in [0.1, 0.15) is 33.1 Å². The second-order valence-corrected chi connectivity index (χ2v) is 5.04. The number of carbonyl (C=O) groups excluding carboxylic acids is 2. The largest absolute Gasteiger partial charge is 0.335 e. The number of hydrogen-bond donors (Lipinski definition) is 2. The summed E-state index contributed by atoms with van der Waals surface area (Å²) in [4.78, 5) is 22.3. The lowest BCUT2D eigenvalue weighted by Gasteiger charge is -2.31. The van der Waals surface area contributed by atoms with Crippen molar-refractivity contribution in [2.75, 3.05) is 5.88 Å². The van der Waals surface area contributed by atoms with Crippen molar-refractivity contribution in [3.8, 4) is 0 Å². The molecule has 1 saturated carbocycles. The maximum atomic E-state index is 11.4. The van der Waals surface area contributed by atoms with Crippen LogP contribution in [0.5, 0.6) is 0 Å². The Bertz CT molecular complexity index is 261. The minimum Gasteiger partial charge on any atom is -0.335 e. The third-order valence-corrected chi connectivity index (χ3v) is 3.13. The van der Waals surface area contributed by atoms with Crippen molar-refractivity contribution < 1.29 is 9.59 Å². The maximum Gasteiger partial charge on any atom is 0.321 e. The molecule has 0 bridgehead atoms. The van der Waals surface area contributed by atoms with Crippen LogP contribution in [0.25, 0.3) is 0 Å². The van der Waals surface area contributed by atoms with E-state index in [9.17, 15) is 9.59 Å². The smallest absolute Gasteiger partial charge is 0.321 e. The van der Waals surface area contributed by atoms with Crippen LogP contribution in [-0.4, -0.2) is 23.9 Å². The molecule has 0 spiro atoms. The van der Waals surface area contributed by atoms with E-state index < -0.39 is 11.9 Å². The fraction of sp³-hybridized carbons (Fsp3) is 0.818. The molecule has 0 aromatic heterocycles. The Morgan fingerprint density at radius 2 is 1.75 bits per heavy atom. The Balaban J connectivity index is 2.35. The van der Waals surface area contributed by atoms with Crippen molar-refractivity contribution >= 4 is 23.5 Å². The highest BCUT2D eigenvalue weighted by Gasteiger charge is 2.25. The number of carbonyl (C=O) groups is 2. The fourth-order valence-electron chi connectivity index (χ4n) is 2.45. The van der Waals surface area contributed by atoms with E-state index in [2.05, 4.69) is 24.5 Å². The lowest BCUT2D eigenvalue weighted by molar-refractivity contribution is -0.117. The molecule has 92 valence electrons. The second-order valence-electron chi connectivity index (χ2n) is 4.77. The highest BCUT2D eigenvalue weighted by atomic mass is 35.5. The van der Waals surface area contributed by atoms with Gasteiger partial charge in [0.1, 0.15) is 5.88 Å². The number of rotatable bonds is 2. The van der Waals surface area contributed by atoms with Gasteiger partial charge in [-0.2, -0.15) is 0 Å². The molecule has 3 amide bonds. The van der Waals surface area contributed by atoms with Crippen LogP contribution in [0, 0.1) is 11.8 Å². The average molecular weight is 247 g/mol. The van der Waals surface area contributed by atoms with E-state index in [1.165, 1.54) is 6.42 Å². The van der Waals surface area contributed by atoms with Crippen molar-refractivity contribution in [3.05, 3.63) is 0 Å². The topological polar surface area (TPSA) is 58.2 Å². The first-order chi connectivity index (χ1) is 7.51. The summed E-state index contributed by atoms with van der Waals surface area (Å²) in [5.41, 5.74) is 0. The standard InChI is InChI=1S/C11H19ClN2O2/c1-7-3-8(2)5-9(4-7)13-11(16)14-10(15)6-12/h7-9H,3-6H2,1-2H3,(H2,13,14,15,16). The van der Waals surface area contributed by atoms with E-state index in [1.807, 2.05) is 0 Å². The van der Waals surface area contributed by atoms with E-state index >= 15 is 0 Å². The SMILES string of the molecule is CC1CC(C)CC(NC(=O)NC(=O)CCl)C1. The summed E-state index contributed by atoms with van der Waals surface area (Å²) in [5.74, 6) is 0.594. The zero-order chi connectivity index (χ0) is 12.1. The van der Waals surface area contributed by atoms with Crippen LogP contribution in [0.15, 0.2) is 0 Å². The number of halogens is 1. The molecule has 1 fully saturated rings. The lowest BCUT2D eigenvalue weighted by Crippen LogP contribution is -2.47. The first-order valence-corrected chi connectivity index (χ1v) is 6.21. The van der Waals surface area contributed by atoms with E-state index in [0.29, 0.717) is 11.8 Å². The van der Waals surface area contributed by atoms with Crippen molar-refractivity contribution in [2.45, 2.75) is 39.2 Å². The highest BCUT2D eigenvalue weighted by molar-refractivity contribution is 6.28. The second kappa shape index (κ2) is 6.09. The summed E-state index contributed by atoms with van der Waals surface area (Å²) in [7, 11) is 0. The summed E-state index contributed by atoms with van der Waals surface area (Å²) >= 11 is 5.29. The fourth-order valence-corrected chi connectivity index (χ4v) is 2.51. The first-order valence-electron chi connectivity index (χ1n) is 5.67. The van der Waals surface area contributed by atoms with Crippen LogP contribution < -0.4 is 10.6 Å². The molecule has 0 radical (unpaired) electrons. The third-order valence-electron chi connectivity index (χ3n) is 2.89. The Morgan fingerprint density at radius 1 is 1.19 bits per heavy atom. The number of nitrogens with one attached hydrogen (secondary N) is 2. The molecule has 16 heavy (non-hydrogen) atoms. The van der Waals surface area contributed by atoms with Gasteiger partial charge in [-0.25, -0.2) is 4.79 Å². The van der Waals surface area contributed by atoms with Crippen LogP contribution in [0.3, 0.4) is 0 Å². The van der Waals surface area contributed by atoms with E-state index in [1.54, 1.807) is 0 Å². The van der Waals surface area contributed by atoms with Crippen molar-refractivity contribution in [3.63, 3.8) is 0 Å². The van der Waals surface area contributed by atoms with Gasteiger partial charge in [0, 0.05) is 6.04 Å². The van der Waals surface area contributed by atoms with Crippen LogP contribution in [0.2, 0.25) is 0 Å². The van der Waals surface area contributed by atoms with Crippen molar-refractivity contribution in [2.24, 2.45) is 11.8 Å². The molecule has 2 atom stereocenters. The van der Waals surface area contributed by atoms with Gasteiger partial charge in [0.25, 0.3) is 0 Å². The average Bonchev–Trinajstić information content (AvgIpc) is 2.15. The molecule has 1 rings (SSSR count). The van der Waals surface area contributed by atoms with Crippen LogP contribution in [-0.2, 0) is 4.79 Å². The predicted molar refractivity (Wildman–Crippen MR) is 63.4 cm³/mol. The summed E-state index contributed by atoms with van der Waals surface area (Å²) in [6, 6.07) is -0.265. The van der Waals surface area contributed by atoms with Crippen molar-refractivity contribution in [1.82, 2.24) is 10.6 Å². The minimum atomic E-state index is -0.462. The zero-order valence-electron chi connectivity index (χ0n) is 9.75. The molecule has 1 aliphatic carbocycles. The molecule has 2 N–H and O–H groups in total. The molecule has 0 aromatic carbocycles. The lowest BCUT2D eigenvalue weighted by atomic mass is 9.80. The van der Waals surface area contributed by atoms with Crippen LogP contribution in [0.4, 0.5) is 4.79 Å². The Labute approximate surface area is 101 Å². The summed E-state index contributed by atoms with van der Waals surface area (Å²) in [5, 5.41) is 5.00. The number of imide groups is 1. The quantitative estimate of drug-likeness (QED) is 0.731. The molecule has 0 heterocycles. The van der Waals surface area contributed by atoms with E-state index in [-0.39, 0.29) is 11.9 Å². The van der Waals surface area contributed by atoms with E-state index in [4.69, 9.17) is 11.6 Å². The summed E-state index contributed by atoms with van der Waals surface area (Å²) in [6.07, 6.45) is 3.17. The van der Waals surface area contributed by atoms with Gasteiger partial charge in [-0.05, 0) is 31.1 Å². The maximum absolute atomic E-state index is 11.4. The number of alkyl halides is 1. The normalized spacial score (nSPS) is 29.6. The summed E-state index contributed by atoms with van der Waals surface area (Å²) < 4.78 is 0. The van der Waals surface area contributed by atoms with Gasteiger partial charge in [0.05, 0.1) is 0 Å². The molecule has 5 heteroatoms. The van der Waals surface area contributed by atoms with Crippen LogP contribution >= 0.6 is 11.6 Å². The third kappa shape index (κ3) is 4.39. The van der Waals surface area contributed by atoms with Gasteiger partial charge in [0.2, 0.25) is 5.91 Å². The molecule has 0 aromatic rings. The van der Waals surface area contributed by atoms with Gasteiger partial charge >= 0.3 is 6.03 Å². The Hall–Kier alpha value is -0.770. The molecule has 2 unspecified atom stereocenters. The zero-order valence-corrected chi connectivity index (χ0v) is 10.5. The Morgan fingerprint density at radius 3 is 2.25 bits per heavy atom. The predicted octanol–water partition coefficient (Wildman–Crippen LogP) is 1.88. The van der Waals surface area contributed by atoms with Gasteiger partial charge in [0.15, 0.2) is 0 Å². The number of amides is 3. The van der Waals surface area contributed by atoms with Crippen molar-refractivity contribution in [1.29, 1.82) is 0 Å². The molecule has 4 nitrogen and oxygen atoms in total. The molecular formula is C11H19ClN2O2. The molecule has 1 aliphatic rings. The van der Waals surface area contributed by atoms with Gasteiger partial charge in [-0.1, -0.05) is 13.8 Å². The number of urea groups is 1. The molecule has 0 saturated heterocycles. The van der Waals surface area contributed by atoms with Gasteiger partial charge in [-0.15, -0.1) is 11.6 Å². The van der Waals surface area contributed by atoms with Gasteiger partial charge < -0.3 is 5.32 Å². The van der Waals surface area contributed by atoms with E-state index in [0.717, 1.165) is 12.8 Å². The molecule has 0 aliphatic heterocycles. The number of hydrogen-bond acceptors (Lipinski definition) is 2. The Kier molecular flexibility index (Phi) is 5.06. The molecular weight excluding hydrogens is 228 g/mol. The van der Waals surface area contributed by atoms with Gasteiger partial charge in [-0.3, -0.25) is 10.1 Å². The first kappa shape index (κ1) is 13.3.